The van der Waals surface area contributed by atoms with Crippen molar-refractivity contribution in [1.29, 1.82) is 0 Å². The molecule has 0 aliphatic heterocycles. The van der Waals surface area contributed by atoms with Crippen molar-refractivity contribution in [3.05, 3.63) is 199 Å². The highest BCUT2D eigenvalue weighted by molar-refractivity contribution is 6.15. The second-order valence-corrected chi connectivity index (χ2v) is 16.3. The van der Waals surface area contributed by atoms with Crippen molar-refractivity contribution in [2.24, 2.45) is 0 Å². The van der Waals surface area contributed by atoms with Gasteiger partial charge in [-0.15, -0.1) is 0 Å². The lowest BCUT2D eigenvalue weighted by Gasteiger charge is -2.25. The normalized spacial score (nSPS) is 13.1. The molecule has 0 spiro atoms. The number of nitrogens with zero attached hydrogens (tertiary/aromatic N) is 3. The van der Waals surface area contributed by atoms with Crippen molar-refractivity contribution in [3.63, 3.8) is 0 Å². The molecule has 0 amide bonds. The van der Waals surface area contributed by atoms with Crippen molar-refractivity contribution in [2.75, 3.05) is 0 Å². The van der Waals surface area contributed by atoms with Gasteiger partial charge in [0.15, 0.2) is 17.5 Å². The van der Waals surface area contributed by atoms with Gasteiger partial charge in [-0.1, -0.05) is 184 Å². The molecule has 11 aromatic rings. The number of hydrogen-bond donors (Lipinski definition) is 0. The standard InChI is InChI=1S/C56H37N3/c1-56(2)51-29-14-13-26-45(51)47-28-15-27-46(52(47)56)44-30-31-48(41-23-10-9-22-40(41)44)53-57-54(49-32-34-16-3-5-18-36(34)38-20-7-11-24-42(38)49)59-55(58-53)50-33-35-17-4-6-19-37(35)39-21-8-12-25-43(39)50/h3-33H,1-2H3. The Labute approximate surface area is 342 Å². The van der Waals surface area contributed by atoms with E-state index in [-0.39, 0.29) is 5.41 Å². The fourth-order valence-electron chi connectivity index (χ4n) is 10.0. The molecule has 12 rings (SSSR count). The molecule has 1 aliphatic rings. The summed E-state index contributed by atoms with van der Waals surface area (Å²) >= 11 is 0. The summed E-state index contributed by atoms with van der Waals surface area (Å²) in [5.74, 6) is 1.95. The van der Waals surface area contributed by atoms with E-state index < -0.39 is 0 Å². The van der Waals surface area contributed by atoms with Gasteiger partial charge in [0, 0.05) is 22.1 Å². The highest BCUT2D eigenvalue weighted by Crippen LogP contribution is 2.53. The Balaban J connectivity index is 1.14. The molecule has 1 aromatic heterocycles. The van der Waals surface area contributed by atoms with E-state index in [1.165, 1.54) is 60.3 Å². The van der Waals surface area contributed by atoms with Crippen LogP contribution in [0.3, 0.4) is 0 Å². The molecule has 0 radical (unpaired) electrons. The summed E-state index contributed by atoms with van der Waals surface area (Å²) in [6.07, 6.45) is 0. The quantitative estimate of drug-likeness (QED) is 0.168. The first-order valence-corrected chi connectivity index (χ1v) is 20.4. The van der Waals surface area contributed by atoms with Crippen LogP contribution in [0.4, 0.5) is 0 Å². The molecule has 276 valence electrons. The molecule has 10 aromatic carbocycles. The van der Waals surface area contributed by atoms with E-state index in [1.807, 2.05) is 0 Å². The summed E-state index contributed by atoms with van der Waals surface area (Å²) in [4.78, 5) is 16.3. The van der Waals surface area contributed by atoms with Crippen molar-refractivity contribution >= 4 is 53.9 Å². The lowest BCUT2D eigenvalue weighted by molar-refractivity contribution is 0.662. The highest BCUT2D eigenvalue weighted by atomic mass is 15.0. The van der Waals surface area contributed by atoms with Gasteiger partial charge < -0.3 is 0 Å². The minimum atomic E-state index is -0.147. The third-order valence-electron chi connectivity index (χ3n) is 12.7. The Morgan fingerprint density at radius 2 is 0.661 bits per heavy atom. The molecule has 0 N–H and O–H groups in total. The van der Waals surface area contributed by atoms with Gasteiger partial charge >= 0.3 is 0 Å². The molecule has 0 unspecified atom stereocenters. The molecule has 0 atom stereocenters. The smallest absolute Gasteiger partial charge is 0.164 e. The van der Waals surface area contributed by atoms with Gasteiger partial charge in [-0.2, -0.15) is 0 Å². The molecule has 0 bridgehead atoms. The van der Waals surface area contributed by atoms with E-state index in [2.05, 4.69) is 202 Å². The van der Waals surface area contributed by atoms with Crippen LogP contribution in [0.25, 0.3) is 110 Å². The van der Waals surface area contributed by atoms with Crippen LogP contribution in [0.15, 0.2) is 188 Å². The lowest BCUT2D eigenvalue weighted by Crippen LogP contribution is -2.16. The maximum absolute atomic E-state index is 5.44. The summed E-state index contributed by atoms with van der Waals surface area (Å²) in [5.41, 5.74) is 10.6. The monoisotopic (exact) mass is 751 g/mol. The van der Waals surface area contributed by atoms with Crippen LogP contribution in [0.5, 0.6) is 0 Å². The summed E-state index contributed by atoms with van der Waals surface area (Å²) in [5, 5.41) is 11.6. The van der Waals surface area contributed by atoms with E-state index in [9.17, 15) is 0 Å². The molecule has 1 aliphatic carbocycles. The van der Waals surface area contributed by atoms with E-state index in [0.29, 0.717) is 17.5 Å². The van der Waals surface area contributed by atoms with Crippen molar-refractivity contribution in [2.45, 2.75) is 19.3 Å². The largest absolute Gasteiger partial charge is 0.208 e. The fraction of sp³-hybridized carbons (Fsp3) is 0.0536. The van der Waals surface area contributed by atoms with Crippen molar-refractivity contribution in [3.8, 4) is 56.4 Å². The third kappa shape index (κ3) is 5.04. The van der Waals surface area contributed by atoms with Gasteiger partial charge in [-0.05, 0) is 105 Å². The highest BCUT2D eigenvalue weighted by Gasteiger charge is 2.37. The van der Waals surface area contributed by atoms with Crippen molar-refractivity contribution in [1.82, 2.24) is 15.0 Å². The second kappa shape index (κ2) is 12.8. The minimum absolute atomic E-state index is 0.147. The van der Waals surface area contributed by atoms with Crippen molar-refractivity contribution < 1.29 is 0 Å². The Kier molecular flexibility index (Phi) is 7.27. The van der Waals surface area contributed by atoms with Crippen LogP contribution in [0.2, 0.25) is 0 Å². The number of aromatic nitrogens is 3. The molecular weight excluding hydrogens is 715 g/mol. The van der Waals surface area contributed by atoms with E-state index in [4.69, 9.17) is 15.0 Å². The molecule has 0 saturated carbocycles. The molecular formula is C56H37N3. The zero-order valence-corrected chi connectivity index (χ0v) is 32.7. The second-order valence-electron chi connectivity index (χ2n) is 16.3. The van der Waals surface area contributed by atoms with Gasteiger partial charge in [0.1, 0.15) is 0 Å². The third-order valence-corrected chi connectivity index (χ3v) is 12.7. The van der Waals surface area contributed by atoms with Gasteiger partial charge in [0.05, 0.1) is 0 Å². The number of hydrogen-bond acceptors (Lipinski definition) is 3. The molecule has 59 heavy (non-hydrogen) atoms. The zero-order chi connectivity index (χ0) is 39.2. The Hall–Kier alpha value is -7.49. The van der Waals surface area contributed by atoms with Gasteiger partial charge in [-0.3, -0.25) is 0 Å². The lowest BCUT2D eigenvalue weighted by atomic mass is 9.78. The number of rotatable bonds is 4. The predicted molar refractivity (Wildman–Crippen MR) is 247 cm³/mol. The Morgan fingerprint density at radius 3 is 1.22 bits per heavy atom. The Bertz CT molecular complexity index is 3410. The van der Waals surface area contributed by atoms with E-state index in [0.717, 1.165) is 43.6 Å². The van der Waals surface area contributed by atoms with Gasteiger partial charge in [0.25, 0.3) is 0 Å². The predicted octanol–water partition coefficient (Wildman–Crippen LogP) is 14.6. The SMILES string of the molecule is CC1(C)c2ccccc2-c2cccc(-c3ccc(-c4nc(-c5cc6ccccc6c6ccccc56)nc(-c5cc6ccccc6c6ccccc56)n4)c4ccccc34)c21. The maximum atomic E-state index is 5.44. The molecule has 0 saturated heterocycles. The first-order valence-electron chi connectivity index (χ1n) is 20.4. The summed E-state index contributed by atoms with van der Waals surface area (Å²) in [6.45, 7) is 4.72. The minimum Gasteiger partial charge on any atom is -0.208 e. The topological polar surface area (TPSA) is 38.7 Å². The molecule has 3 heteroatoms. The van der Waals surface area contributed by atoms with Crippen LogP contribution in [0.1, 0.15) is 25.0 Å². The maximum Gasteiger partial charge on any atom is 0.164 e. The molecule has 1 heterocycles. The fourth-order valence-corrected chi connectivity index (χ4v) is 10.0. The average Bonchev–Trinajstić information content (AvgIpc) is 3.54. The summed E-state index contributed by atoms with van der Waals surface area (Å²) in [7, 11) is 0. The summed E-state index contributed by atoms with van der Waals surface area (Å²) < 4.78 is 0. The Morgan fingerprint density at radius 1 is 0.288 bits per heavy atom. The van der Waals surface area contributed by atoms with Crippen LogP contribution in [-0.2, 0) is 5.41 Å². The van der Waals surface area contributed by atoms with Crippen LogP contribution in [-0.4, -0.2) is 15.0 Å². The van der Waals surface area contributed by atoms with E-state index in [1.54, 1.807) is 0 Å². The van der Waals surface area contributed by atoms with Crippen LogP contribution >= 0.6 is 0 Å². The van der Waals surface area contributed by atoms with Gasteiger partial charge in [-0.25, -0.2) is 15.0 Å². The van der Waals surface area contributed by atoms with Crippen LogP contribution < -0.4 is 0 Å². The number of fused-ring (bicyclic) bond motifs is 10. The van der Waals surface area contributed by atoms with Crippen LogP contribution in [0, 0.1) is 0 Å². The first-order chi connectivity index (χ1) is 29.0. The molecule has 3 nitrogen and oxygen atoms in total. The summed E-state index contributed by atoms with van der Waals surface area (Å²) in [6, 6.07) is 67.8. The number of benzene rings is 10. The van der Waals surface area contributed by atoms with Gasteiger partial charge in [0.2, 0.25) is 0 Å². The van der Waals surface area contributed by atoms with E-state index >= 15 is 0 Å². The zero-order valence-electron chi connectivity index (χ0n) is 32.7. The average molecular weight is 752 g/mol. The first kappa shape index (κ1) is 33.6. The molecule has 0 fully saturated rings.